The molecule has 0 aliphatic heterocycles. The maximum absolute atomic E-state index is 13.6. The van der Waals surface area contributed by atoms with E-state index in [9.17, 15) is 18.0 Å². The number of anilines is 1. The van der Waals surface area contributed by atoms with E-state index in [1.165, 1.54) is 4.90 Å². The average molecular weight is 539 g/mol. The minimum Gasteiger partial charge on any atom is -0.350 e. The Morgan fingerprint density at radius 1 is 1.03 bits per heavy atom. The van der Waals surface area contributed by atoms with Crippen LogP contribution in [0.3, 0.4) is 0 Å². The summed E-state index contributed by atoms with van der Waals surface area (Å²) in [4.78, 5) is 28.1. The van der Waals surface area contributed by atoms with Crippen LogP contribution < -0.4 is 9.62 Å². The second-order valence-electron chi connectivity index (χ2n) is 8.89. The zero-order valence-corrected chi connectivity index (χ0v) is 22.1. The fourth-order valence-electron chi connectivity index (χ4n) is 3.40. The number of amides is 2. The summed E-state index contributed by atoms with van der Waals surface area (Å²) in [6.07, 6.45) is 1.44. The number of benzene rings is 2. The molecule has 0 heterocycles. The predicted octanol–water partition coefficient (Wildman–Crippen LogP) is 3.94. The maximum Gasteiger partial charge on any atom is 0.244 e. The molecule has 0 aromatic heterocycles. The number of carbonyl (C=O) groups excluding carboxylic acids is 2. The molecule has 33 heavy (non-hydrogen) atoms. The summed E-state index contributed by atoms with van der Waals surface area (Å²) in [5.41, 5.74) is 0.736. The first-order valence-electron chi connectivity index (χ1n) is 10.7. The highest BCUT2D eigenvalue weighted by molar-refractivity contribution is 9.10. The van der Waals surface area contributed by atoms with Gasteiger partial charge < -0.3 is 10.2 Å². The lowest BCUT2D eigenvalue weighted by molar-refractivity contribution is -0.141. The van der Waals surface area contributed by atoms with E-state index in [2.05, 4.69) is 21.2 Å². The third kappa shape index (κ3) is 7.85. The fraction of sp³-hybridized carbons (Fsp3) is 0.417. The largest absolute Gasteiger partial charge is 0.350 e. The first-order valence-corrected chi connectivity index (χ1v) is 13.3. The van der Waals surface area contributed by atoms with Crippen LogP contribution in [-0.4, -0.2) is 49.5 Å². The summed E-state index contributed by atoms with van der Waals surface area (Å²) < 4.78 is 26.8. The Labute approximate surface area is 205 Å². The van der Waals surface area contributed by atoms with Crippen LogP contribution in [0.25, 0.3) is 0 Å². The highest BCUT2D eigenvalue weighted by Crippen LogP contribution is 2.28. The van der Waals surface area contributed by atoms with Crippen LogP contribution >= 0.6 is 15.9 Å². The van der Waals surface area contributed by atoms with Gasteiger partial charge in [0, 0.05) is 16.6 Å². The molecular formula is C24H32BrN3O4S. The molecule has 0 fully saturated rings. The van der Waals surface area contributed by atoms with Gasteiger partial charge in [-0.1, -0.05) is 49.4 Å². The Bertz CT molecular complexity index is 1070. The summed E-state index contributed by atoms with van der Waals surface area (Å²) >= 11 is 3.37. The van der Waals surface area contributed by atoms with Crippen LogP contribution in [0.1, 0.15) is 39.7 Å². The average Bonchev–Trinajstić information content (AvgIpc) is 2.71. The van der Waals surface area contributed by atoms with Gasteiger partial charge in [0.1, 0.15) is 12.6 Å². The molecule has 0 aliphatic carbocycles. The molecule has 0 spiro atoms. The monoisotopic (exact) mass is 537 g/mol. The lowest BCUT2D eigenvalue weighted by Gasteiger charge is -2.34. The van der Waals surface area contributed by atoms with Crippen LogP contribution in [0.2, 0.25) is 0 Å². The van der Waals surface area contributed by atoms with E-state index >= 15 is 0 Å². The molecule has 0 bridgehead atoms. The van der Waals surface area contributed by atoms with Crippen LogP contribution in [-0.2, 0) is 26.2 Å². The quantitative estimate of drug-likeness (QED) is 0.524. The number of sulfonamides is 1. The summed E-state index contributed by atoms with van der Waals surface area (Å²) in [5.74, 6) is -0.739. The van der Waals surface area contributed by atoms with Gasteiger partial charge in [-0.05, 0) is 60.8 Å². The molecule has 2 amide bonds. The summed E-state index contributed by atoms with van der Waals surface area (Å²) in [6, 6.07) is 15.4. The molecule has 180 valence electrons. The zero-order chi connectivity index (χ0) is 24.8. The lowest BCUT2D eigenvalue weighted by atomic mass is 10.1. The van der Waals surface area contributed by atoms with Crippen molar-refractivity contribution in [2.45, 2.75) is 52.2 Å². The molecule has 1 atom stereocenters. The number of nitrogens with zero attached hydrogens (tertiary/aromatic N) is 2. The van der Waals surface area contributed by atoms with E-state index in [1.54, 1.807) is 24.3 Å². The molecule has 2 rings (SSSR count). The predicted molar refractivity (Wildman–Crippen MR) is 135 cm³/mol. The van der Waals surface area contributed by atoms with E-state index < -0.39 is 34.1 Å². The van der Waals surface area contributed by atoms with Gasteiger partial charge in [0.15, 0.2) is 0 Å². The van der Waals surface area contributed by atoms with E-state index in [0.29, 0.717) is 16.6 Å². The van der Waals surface area contributed by atoms with Crippen molar-refractivity contribution in [3.8, 4) is 0 Å². The maximum atomic E-state index is 13.6. The Morgan fingerprint density at radius 2 is 1.61 bits per heavy atom. The minimum atomic E-state index is -3.77. The molecule has 0 saturated carbocycles. The summed E-state index contributed by atoms with van der Waals surface area (Å²) in [7, 11) is -3.77. The molecule has 7 nitrogen and oxygen atoms in total. The van der Waals surface area contributed by atoms with Crippen molar-refractivity contribution in [3.05, 3.63) is 64.6 Å². The third-order valence-corrected chi connectivity index (χ3v) is 6.68. The number of nitrogens with one attached hydrogen (secondary N) is 1. The smallest absolute Gasteiger partial charge is 0.244 e. The van der Waals surface area contributed by atoms with Gasteiger partial charge in [0.2, 0.25) is 21.8 Å². The van der Waals surface area contributed by atoms with Gasteiger partial charge in [-0.15, -0.1) is 0 Å². The molecule has 1 N–H and O–H groups in total. The Hall–Kier alpha value is -2.39. The number of carbonyl (C=O) groups is 2. The Morgan fingerprint density at radius 3 is 2.12 bits per heavy atom. The fourth-order valence-corrected chi connectivity index (χ4v) is 4.88. The van der Waals surface area contributed by atoms with Crippen molar-refractivity contribution >= 4 is 43.5 Å². The topological polar surface area (TPSA) is 86.8 Å². The number of hydrogen-bond donors (Lipinski definition) is 1. The second kappa shape index (κ2) is 11.2. The Kier molecular flexibility index (Phi) is 9.08. The van der Waals surface area contributed by atoms with E-state index in [4.69, 9.17) is 0 Å². The van der Waals surface area contributed by atoms with Crippen molar-refractivity contribution in [2.24, 2.45) is 0 Å². The zero-order valence-electron chi connectivity index (χ0n) is 19.7. The standard InChI is InChI=1S/C24H32BrN3O4S/c1-6-20(23(30)26-24(2,3)4)27(16-18-12-8-7-9-13-18)22(29)17-28(33(5,31)32)21-15-11-10-14-19(21)25/h7-15,20H,6,16-17H2,1-5H3,(H,26,30)/t20-/m1/s1. The highest BCUT2D eigenvalue weighted by Gasteiger charge is 2.33. The Balaban J connectivity index is 2.44. The van der Waals surface area contributed by atoms with E-state index in [-0.39, 0.29) is 12.5 Å². The third-order valence-electron chi connectivity index (χ3n) is 4.88. The molecule has 0 radical (unpaired) electrons. The summed E-state index contributed by atoms with van der Waals surface area (Å²) in [6.45, 7) is 7.22. The van der Waals surface area contributed by atoms with E-state index in [1.807, 2.05) is 58.0 Å². The van der Waals surface area contributed by atoms with E-state index in [0.717, 1.165) is 16.1 Å². The van der Waals surface area contributed by atoms with Crippen LogP contribution in [0, 0.1) is 0 Å². The van der Waals surface area contributed by atoms with Crippen molar-refractivity contribution in [1.82, 2.24) is 10.2 Å². The van der Waals surface area contributed by atoms with Gasteiger partial charge >= 0.3 is 0 Å². The molecule has 9 heteroatoms. The van der Waals surface area contributed by atoms with Gasteiger partial charge in [0.05, 0.1) is 11.9 Å². The number of halogens is 1. The summed E-state index contributed by atoms with van der Waals surface area (Å²) in [5, 5.41) is 2.94. The van der Waals surface area contributed by atoms with Gasteiger partial charge in [-0.2, -0.15) is 0 Å². The minimum absolute atomic E-state index is 0.184. The molecule has 2 aromatic rings. The molecule has 0 saturated heterocycles. The molecule has 0 unspecified atom stereocenters. The first kappa shape index (κ1) is 26.9. The normalized spacial score (nSPS) is 12.7. The van der Waals surface area contributed by atoms with Gasteiger partial charge in [0.25, 0.3) is 0 Å². The van der Waals surface area contributed by atoms with Crippen molar-refractivity contribution in [3.63, 3.8) is 0 Å². The second-order valence-corrected chi connectivity index (χ2v) is 11.7. The molecule has 2 aromatic carbocycles. The highest BCUT2D eigenvalue weighted by atomic mass is 79.9. The SMILES string of the molecule is CC[C@H](C(=O)NC(C)(C)C)N(Cc1ccccc1)C(=O)CN(c1ccccc1Br)S(C)(=O)=O. The molecule has 0 aliphatic rings. The number of rotatable bonds is 9. The van der Waals surface area contributed by atoms with Crippen LogP contribution in [0.15, 0.2) is 59.1 Å². The number of para-hydroxylation sites is 1. The van der Waals surface area contributed by atoms with Crippen molar-refractivity contribution < 1.29 is 18.0 Å². The first-order chi connectivity index (χ1) is 15.3. The van der Waals surface area contributed by atoms with Crippen molar-refractivity contribution in [2.75, 3.05) is 17.1 Å². The molecular weight excluding hydrogens is 506 g/mol. The van der Waals surface area contributed by atoms with Crippen molar-refractivity contribution in [1.29, 1.82) is 0 Å². The lowest BCUT2D eigenvalue weighted by Crippen LogP contribution is -2.55. The van der Waals surface area contributed by atoms with Crippen LogP contribution in [0.5, 0.6) is 0 Å². The van der Waals surface area contributed by atoms with Gasteiger partial charge in [-0.25, -0.2) is 8.42 Å². The number of hydrogen-bond acceptors (Lipinski definition) is 4. The van der Waals surface area contributed by atoms with Crippen LogP contribution in [0.4, 0.5) is 5.69 Å². The van der Waals surface area contributed by atoms with Gasteiger partial charge in [-0.3, -0.25) is 13.9 Å².